The van der Waals surface area contributed by atoms with Crippen molar-refractivity contribution in [2.45, 2.75) is 32.6 Å². The van der Waals surface area contributed by atoms with Crippen molar-refractivity contribution in [1.82, 2.24) is 9.97 Å². The zero-order valence-corrected chi connectivity index (χ0v) is 11.7. The number of aryl methyl sites for hydroxylation is 1. The topological polar surface area (TPSA) is 75.2 Å². The summed E-state index contributed by atoms with van der Waals surface area (Å²) in [4.78, 5) is 18.5. The fraction of sp³-hybridized carbons (Fsp3) is 0.667. The highest BCUT2D eigenvalue weighted by molar-refractivity contribution is 6.17. The Hall–Kier alpha value is -1.07. The number of nitrogens with one attached hydrogen (secondary N) is 1. The maximum Gasteiger partial charge on any atom is 0.293 e. The summed E-state index contributed by atoms with van der Waals surface area (Å²) in [5, 5.41) is 9.55. The number of alkyl halides is 1. The van der Waals surface area contributed by atoms with Crippen LogP contribution in [0.25, 0.3) is 0 Å². The lowest BCUT2D eigenvalue weighted by Crippen LogP contribution is -2.30. The Morgan fingerprint density at radius 3 is 2.72 bits per heavy atom. The van der Waals surface area contributed by atoms with Gasteiger partial charge in [0.15, 0.2) is 0 Å². The Kier molecular flexibility index (Phi) is 5.16. The number of ether oxygens (including phenoxy) is 1. The van der Waals surface area contributed by atoms with E-state index in [1.807, 2.05) is 20.8 Å². The molecular formula is C12H19ClN2O3. The molecule has 1 aromatic heterocycles. The van der Waals surface area contributed by atoms with Crippen molar-refractivity contribution >= 4 is 11.6 Å². The highest BCUT2D eigenvalue weighted by atomic mass is 35.5. The number of H-pyrrole nitrogens is 1. The number of rotatable bonds is 6. The van der Waals surface area contributed by atoms with Crippen molar-refractivity contribution < 1.29 is 9.84 Å². The lowest BCUT2D eigenvalue weighted by Gasteiger charge is -2.23. The van der Waals surface area contributed by atoms with Crippen LogP contribution in [0.5, 0.6) is 5.75 Å². The van der Waals surface area contributed by atoms with Gasteiger partial charge in [0.2, 0.25) is 5.75 Å². The van der Waals surface area contributed by atoms with Crippen LogP contribution < -0.4 is 5.56 Å². The summed E-state index contributed by atoms with van der Waals surface area (Å²) in [6.45, 7) is 6.51. The predicted octanol–water partition coefficient (Wildman–Crippen LogP) is 1.57. The van der Waals surface area contributed by atoms with Gasteiger partial charge in [-0.2, -0.15) is 0 Å². The Morgan fingerprint density at radius 1 is 1.50 bits per heavy atom. The molecule has 6 heteroatoms. The van der Waals surface area contributed by atoms with Crippen LogP contribution in [0.2, 0.25) is 0 Å². The van der Waals surface area contributed by atoms with Crippen LogP contribution in [0.1, 0.15) is 32.3 Å². The Balaban J connectivity index is 3.01. The molecule has 0 aliphatic heterocycles. The summed E-state index contributed by atoms with van der Waals surface area (Å²) >= 11 is 5.54. The van der Waals surface area contributed by atoms with Gasteiger partial charge in [0.05, 0.1) is 18.9 Å². The normalized spacial score (nSPS) is 11.8. The lowest BCUT2D eigenvalue weighted by atomic mass is 9.93. The van der Waals surface area contributed by atoms with E-state index in [9.17, 15) is 9.90 Å². The van der Waals surface area contributed by atoms with E-state index in [0.717, 1.165) is 0 Å². The molecule has 0 radical (unpaired) electrons. The maximum atomic E-state index is 11.6. The summed E-state index contributed by atoms with van der Waals surface area (Å²) in [5.41, 5.74) is -0.551. The van der Waals surface area contributed by atoms with E-state index in [1.165, 1.54) is 0 Å². The van der Waals surface area contributed by atoms with Crippen molar-refractivity contribution in [2.24, 2.45) is 0 Å². The van der Waals surface area contributed by atoms with E-state index in [0.29, 0.717) is 37.0 Å². The number of halogens is 1. The van der Waals surface area contributed by atoms with E-state index in [2.05, 4.69) is 9.97 Å². The first-order valence-corrected chi connectivity index (χ1v) is 6.42. The average molecular weight is 275 g/mol. The Morgan fingerprint density at radius 2 is 2.17 bits per heavy atom. The van der Waals surface area contributed by atoms with Crippen LogP contribution in [0.4, 0.5) is 0 Å². The second-order valence-electron chi connectivity index (χ2n) is 4.69. The zero-order chi connectivity index (χ0) is 13.8. The van der Waals surface area contributed by atoms with Gasteiger partial charge in [-0.25, -0.2) is 4.98 Å². The third-order valence-electron chi connectivity index (χ3n) is 2.63. The van der Waals surface area contributed by atoms with Gasteiger partial charge in [-0.3, -0.25) is 4.79 Å². The van der Waals surface area contributed by atoms with Crippen molar-refractivity contribution in [3.05, 3.63) is 21.9 Å². The first-order chi connectivity index (χ1) is 8.42. The number of aromatic nitrogens is 2. The van der Waals surface area contributed by atoms with Gasteiger partial charge in [0.25, 0.3) is 5.56 Å². The molecule has 0 bridgehead atoms. The first-order valence-electron chi connectivity index (χ1n) is 5.88. The molecule has 1 rings (SSSR count). The molecule has 0 saturated carbocycles. The average Bonchev–Trinajstić information content (AvgIpc) is 2.32. The van der Waals surface area contributed by atoms with Crippen molar-refractivity contribution in [2.75, 3.05) is 19.1 Å². The van der Waals surface area contributed by atoms with Crippen molar-refractivity contribution in [3.63, 3.8) is 0 Å². The quantitative estimate of drug-likeness (QED) is 0.610. The molecular weight excluding hydrogens is 256 g/mol. The van der Waals surface area contributed by atoms with Gasteiger partial charge in [-0.05, 0) is 6.42 Å². The van der Waals surface area contributed by atoms with Crippen LogP contribution >= 0.6 is 11.6 Å². The Bertz CT molecular complexity index is 457. The van der Waals surface area contributed by atoms with E-state index in [1.54, 1.807) is 0 Å². The molecule has 0 saturated heterocycles. The lowest BCUT2D eigenvalue weighted by molar-refractivity contribution is 0.103. The fourth-order valence-electron chi connectivity index (χ4n) is 1.53. The molecule has 0 atom stereocenters. The van der Waals surface area contributed by atoms with Gasteiger partial charge >= 0.3 is 0 Å². The van der Waals surface area contributed by atoms with Gasteiger partial charge in [-0.15, -0.1) is 11.6 Å². The summed E-state index contributed by atoms with van der Waals surface area (Å²) in [6, 6.07) is 0. The Labute approximate surface area is 111 Å². The SMILES string of the molecule is CCc1nc(C(C)(C)COCCCl)[nH]c(=O)c1O. The summed E-state index contributed by atoms with van der Waals surface area (Å²) in [6.07, 6.45) is 0.501. The summed E-state index contributed by atoms with van der Waals surface area (Å²) in [5.74, 6) is 0.631. The van der Waals surface area contributed by atoms with E-state index in [-0.39, 0.29) is 5.75 Å². The van der Waals surface area contributed by atoms with Crippen LogP contribution in [0.15, 0.2) is 4.79 Å². The largest absolute Gasteiger partial charge is 0.502 e. The summed E-state index contributed by atoms with van der Waals surface area (Å²) in [7, 11) is 0. The van der Waals surface area contributed by atoms with Crippen LogP contribution in [-0.2, 0) is 16.6 Å². The highest BCUT2D eigenvalue weighted by Gasteiger charge is 2.25. The number of hydrogen-bond acceptors (Lipinski definition) is 4. The smallest absolute Gasteiger partial charge is 0.293 e. The fourth-order valence-corrected chi connectivity index (χ4v) is 1.64. The van der Waals surface area contributed by atoms with Crippen LogP contribution in [0.3, 0.4) is 0 Å². The maximum absolute atomic E-state index is 11.6. The van der Waals surface area contributed by atoms with Crippen molar-refractivity contribution in [3.8, 4) is 5.75 Å². The molecule has 0 aromatic carbocycles. The molecule has 2 N–H and O–H groups in total. The monoisotopic (exact) mass is 274 g/mol. The minimum absolute atomic E-state index is 0.307. The molecule has 102 valence electrons. The van der Waals surface area contributed by atoms with E-state index in [4.69, 9.17) is 16.3 Å². The number of nitrogens with zero attached hydrogens (tertiary/aromatic N) is 1. The van der Waals surface area contributed by atoms with Crippen LogP contribution in [0, 0.1) is 0 Å². The van der Waals surface area contributed by atoms with Crippen molar-refractivity contribution in [1.29, 1.82) is 0 Å². The molecule has 0 aliphatic carbocycles. The molecule has 1 heterocycles. The zero-order valence-electron chi connectivity index (χ0n) is 10.9. The summed E-state index contributed by atoms with van der Waals surface area (Å²) < 4.78 is 5.39. The highest BCUT2D eigenvalue weighted by Crippen LogP contribution is 2.21. The molecule has 18 heavy (non-hydrogen) atoms. The minimum Gasteiger partial charge on any atom is -0.502 e. The second kappa shape index (κ2) is 6.20. The molecule has 0 spiro atoms. The second-order valence-corrected chi connectivity index (χ2v) is 5.07. The molecule has 0 fully saturated rings. The molecule has 5 nitrogen and oxygen atoms in total. The number of hydrogen-bond donors (Lipinski definition) is 2. The third kappa shape index (κ3) is 3.46. The first kappa shape index (κ1) is 15.0. The van der Waals surface area contributed by atoms with E-state index < -0.39 is 11.0 Å². The molecule has 0 unspecified atom stereocenters. The molecule has 0 aliphatic rings. The van der Waals surface area contributed by atoms with Gasteiger partial charge in [0.1, 0.15) is 5.82 Å². The number of aromatic hydroxyl groups is 1. The van der Waals surface area contributed by atoms with Crippen LogP contribution in [-0.4, -0.2) is 34.2 Å². The van der Waals surface area contributed by atoms with Gasteiger partial charge in [-0.1, -0.05) is 20.8 Å². The van der Waals surface area contributed by atoms with Gasteiger partial charge in [0, 0.05) is 11.3 Å². The number of aromatic amines is 1. The molecule has 0 amide bonds. The molecule has 1 aromatic rings. The van der Waals surface area contributed by atoms with Gasteiger partial charge < -0.3 is 14.8 Å². The standard InChI is InChI=1S/C12H19ClN2O3/c1-4-8-9(16)10(17)15-11(14-8)12(2,3)7-18-6-5-13/h16H,4-7H2,1-3H3,(H,14,15,17). The van der Waals surface area contributed by atoms with E-state index >= 15 is 0 Å². The predicted molar refractivity (Wildman–Crippen MR) is 70.5 cm³/mol. The minimum atomic E-state index is -0.512. The third-order valence-corrected chi connectivity index (χ3v) is 2.78.